The zero-order valence-corrected chi connectivity index (χ0v) is 38.8. The van der Waals surface area contributed by atoms with E-state index in [4.69, 9.17) is 0 Å². The number of hydrogen-bond donors (Lipinski definition) is 2. The normalized spacial score (nSPS) is 29.9. The predicted octanol–water partition coefficient (Wildman–Crippen LogP) is 8.64. The van der Waals surface area contributed by atoms with Crippen molar-refractivity contribution in [2.24, 2.45) is 29.6 Å². The van der Waals surface area contributed by atoms with Gasteiger partial charge in [0.05, 0.1) is 0 Å². The fourth-order valence-corrected chi connectivity index (χ4v) is 17.1. The molecule has 10 unspecified atom stereocenters. The highest BCUT2D eigenvalue weighted by Crippen LogP contribution is 2.51. The number of nitrogens with one attached hydrogen (secondary N) is 2. The maximum absolute atomic E-state index is 12.3. The van der Waals surface area contributed by atoms with Crippen LogP contribution in [0.4, 0.5) is 0 Å². The highest BCUT2D eigenvalue weighted by molar-refractivity contribution is 8.78. The van der Waals surface area contributed by atoms with Crippen molar-refractivity contribution >= 4 is 76.6 Å². The smallest absolute Gasteiger partial charge is 0.294 e. The van der Waals surface area contributed by atoms with E-state index in [2.05, 4.69) is 62.8 Å². The zero-order chi connectivity index (χ0) is 42.5. The first kappa shape index (κ1) is 50.7. The summed E-state index contributed by atoms with van der Waals surface area (Å²) >= 11 is 0. The van der Waals surface area contributed by atoms with Gasteiger partial charge in [-0.3, -0.25) is 9.59 Å². The number of carbonyl (C=O) groups excluding carboxylic acids is 2. The molecule has 5 aliphatic rings. The van der Waals surface area contributed by atoms with E-state index >= 15 is 0 Å². The van der Waals surface area contributed by atoms with Crippen LogP contribution < -0.4 is 10.6 Å². The second kappa shape index (κ2) is 28.1. The van der Waals surface area contributed by atoms with E-state index in [1.165, 1.54) is 60.8 Å². The number of allylic oxidation sites excluding steroid dienone is 1. The Balaban J connectivity index is 0.000000235. The van der Waals surface area contributed by atoms with Gasteiger partial charge in [-0.15, -0.1) is 30.3 Å². The lowest BCUT2D eigenvalue weighted by Crippen LogP contribution is -2.52. The van der Waals surface area contributed by atoms with Crippen molar-refractivity contribution in [3.8, 4) is 0 Å². The minimum atomic E-state index is -0.898. The standard InChI is InChI=1S/C18H31NOS2.C10H18N2O4S2.C8H12N2O6S2/c1-13-11-16(12-14(2)15(13)3)18(20)19-9-6-4-5-7-17-8-10-21-22-17;13-10(11-6-7-16-12(14)15)4-2-1-3-9-5-8-17-18-9;1-4-2-5-3-17-18-8(5)7(16-10(13)14)6(4)15-9(11)12/h11,13-15,17H,4-10,12H2,1-3H3,(H,19,20);9H,1-8H2,(H,11,13);4-8H,2-3H2,1H3. The molecular weight excluding hydrogens is 871 g/mol. The van der Waals surface area contributed by atoms with Gasteiger partial charge in [-0.05, 0) is 81.0 Å². The molecule has 0 radical (unpaired) electrons. The Morgan fingerprint density at radius 1 is 0.759 bits per heavy atom. The third-order valence-corrected chi connectivity index (χ3v) is 20.1. The van der Waals surface area contributed by atoms with E-state index in [1.807, 2.05) is 32.4 Å². The topological polar surface area (TPSA) is 215 Å². The van der Waals surface area contributed by atoms with Crippen LogP contribution in [-0.4, -0.2) is 92.0 Å². The van der Waals surface area contributed by atoms with Crippen LogP contribution in [0.15, 0.2) is 11.6 Å². The molecule has 10 atom stereocenters. The monoisotopic (exact) mass is 931 g/mol. The summed E-state index contributed by atoms with van der Waals surface area (Å²) in [5.41, 5.74) is 1.01. The summed E-state index contributed by atoms with van der Waals surface area (Å²) in [6, 6.07) is 0. The molecule has 3 saturated heterocycles. The van der Waals surface area contributed by atoms with Gasteiger partial charge in [0.1, 0.15) is 18.8 Å². The molecular formula is C36H61N5O11S6. The highest BCUT2D eigenvalue weighted by Gasteiger charge is 2.50. The largest absolute Gasteiger partial charge is 0.354 e. The molecule has 2 N–H and O–H groups in total. The number of hydrogen-bond acceptors (Lipinski definition) is 17. The molecule has 0 aromatic carbocycles. The maximum Gasteiger partial charge on any atom is 0.294 e. The molecule has 3 aliphatic heterocycles. The molecule has 3 heterocycles. The molecule has 0 aromatic rings. The van der Waals surface area contributed by atoms with Crippen LogP contribution in [-0.2, 0) is 24.1 Å². The van der Waals surface area contributed by atoms with Gasteiger partial charge in [-0.2, -0.15) is 0 Å². The van der Waals surface area contributed by atoms with Crippen molar-refractivity contribution in [3.63, 3.8) is 0 Å². The fourth-order valence-electron chi connectivity index (χ4n) is 7.44. The van der Waals surface area contributed by atoms with E-state index in [9.17, 15) is 39.9 Å². The third-order valence-electron chi connectivity index (χ3n) is 11.0. The molecule has 16 nitrogen and oxygen atoms in total. The summed E-state index contributed by atoms with van der Waals surface area (Å²) in [4.78, 5) is 67.8. The first-order valence-electron chi connectivity index (χ1n) is 20.2. The minimum absolute atomic E-state index is 0.0598. The Hall–Kier alpha value is -1.62. The predicted molar refractivity (Wildman–Crippen MR) is 238 cm³/mol. The van der Waals surface area contributed by atoms with Crippen molar-refractivity contribution in [2.75, 3.05) is 37.0 Å². The van der Waals surface area contributed by atoms with Crippen LogP contribution in [0, 0.1) is 59.9 Å². The maximum atomic E-state index is 12.3. The average Bonchev–Trinajstić information content (AvgIpc) is 3.98. The Bertz CT molecular complexity index is 1330. The molecule has 0 aromatic heterocycles. The van der Waals surface area contributed by atoms with Crippen molar-refractivity contribution in [1.82, 2.24) is 10.6 Å². The molecule has 2 amide bonds. The molecule has 58 heavy (non-hydrogen) atoms. The van der Waals surface area contributed by atoms with Crippen molar-refractivity contribution in [2.45, 2.75) is 133 Å². The minimum Gasteiger partial charge on any atom is -0.354 e. The van der Waals surface area contributed by atoms with Crippen LogP contribution in [0.3, 0.4) is 0 Å². The van der Waals surface area contributed by atoms with E-state index in [0.29, 0.717) is 24.2 Å². The number of unbranched alkanes of at least 4 members (excludes halogenated alkanes) is 3. The zero-order valence-electron chi connectivity index (χ0n) is 33.9. The average molecular weight is 932 g/mol. The Morgan fingerprint density at radius 3 is 1.98 bits per heavy atom. The molecule has 332 valence electrons. The Labute approximate surface area is 365 Å². The molecule has 0 spiro atoms. The summed E-state index contributed by atoms with van der Waals surface area (Å²) < 4.78 is 0. The van der Waals surface area contributed by atoms with Crippen molar-refractivity contribution in [1.29, 1.82) is 0 Å². The van der Waals surface area contributed by atoms with Gasteiger partial charge in [-0.25, -0.2) is 0 Å². The summed E-state index contributed by atoms with van der Waals surface area (Å²) in [5, 5.41) is 35.4. The van der Waals surface area contributed by atoms with Gasteiger partial charge in [0.15, 0.2) is 0 Å². The van der Waals surface area contributed by atoms with E-state index < -0.39 is 27.5 Å². The van der Waals surface area contributed by atoms with E-state index in [0.717, 1.165) is 60.5 Å². The van der Waals surface area contributed by atoms with Gasteiger partial charge in [0.2, 0.25) is 11.8 Å². The molecule has 4 fully saturated rings. The van der Waals surface area contributed by atoms with Crippen LogP contribution in [0.5, 0.6) is 0 Å². The summed E-state index contributed by atoms with van der Waals surface area (Å²) in [5.74, 6) is 5.54. The summed E-state index contributed by atoms with van der Waals surface area (Å²) in [6.07, 6.45) is 13.4. The lowest BCUT2D eigenvalue weighted by Gasteiger charge is -2.39. The second-order valence-corrected chi connectivity index (χ2v) is 23.6. The van der Waals surface area contributed by atoms with Crippen LogP contribution in [0.2, 0.25) is 0 Å². The fraction of sp³-hybridized carbons (Fsp3) is 0.889. The molecule has 1 saturated carbocycles. The van der Waals surface area contributed by atoms with Crippen LogP contribution in [0.25, 0.3) is 0 Å². The van der Waals surface area contributed by atoms with Gasteiger partial charge in [-0.1, -0.05) is 118 Å². The number of carbonyl (C=O) groups is 2. The van der Waals surface area contributed by atoms with Gasteiger partial charge in [0, 0.05) is 58.1 Å². The molecule has 2 aliphatic carbocycles. The third kappa shape index (κ3) is 19.4. The summed E-state index contributed by atoms with van der Waals surface area (Å²) in [6.45, 7) is 9.52. The second-order valence-electron chi connectivity index (χ2n) is 15.4. The van der Waals surface area contributed by atoms with Crippen LogP contribution >= 0.6 is 64.8 Å². The van der Waals surface area contributed by atoms with Gasteiger partial charge < -0.3 is 25.1 Å². The van der Waals surface area contributed by atoms with Crippen molar-refractivity contribution in [3.05, 3.63) is 42.0 Å². The van der Waals surface area contributed by atoms with Crippen molar-refractivity contribution < 1.29 is 39.4 Å². The molecule has 5 rings (SSSR count). The van der Waals surface area contributed by atoms with Gasteiger partial charge in [0.25, 0.3) is 15.3 Å². The number of amides is 2. The number of fused-ring (bicyclic) bond motifs is 1. The van der Waals surface area contributed by atoms with E-state index in [1.54, 1.807) is 17.7 Å². The summed E-state index contributed by atoms with van der Waals surface area (Å²) in [7, 11) is 11.1. The van der Waals surface area contributed by atoms with Gasteiger partial charge >= 0.3 is 0 Å². The Morgan fingerprint density at radius 2 is 1.40 bits per heavy atom. The highest BCUT2D eigenvalue weighted by atomic mass is 33.1. The molecule has 22 heteroatoms. The first-order valence-corrected chi connectivity index (χ1v) is 27.4. The quantitative estimate of drug-likeness (QED) is 0.0505. The SMILES string of the molecule is CC1C=C(C(=O)NCCCCCC2CCSS2)CC(C)C1C.CC1CC2CSSC2C(O[N+](=O)[O-])C1O[N+](=O)[O-].O=C(CCCCC1CCSS1)NCCO[N+](=O)[O-]. The van der Waals surface area contributed by atoms with Crippen LogP contribution in [0.1, 0.15) is 105 Å². The first-order chi connectivity index (χ1) is 27.7. The molecule has 0 bridgehead atoms. The number of nitrogens with zero attached hydrogens (tertiary/aromatic N) is 3. The Kier molecular flexibility index (Phi) is 24.6. The van der Waals surface area contributed by atoms with E-state index in [-0.39, 0.29) is 42.1 Å². The number of rotatable bonds is 20. The lowest BCUT2D eigenvalue weighted by molar-refractivity contribution is -0.801. The lowest BCUT2D eigenvalue weighted by atomic mass is 9.75.